The lowest BCUT2D eigenvalue weighted by molar-refractivity contribution is 0.122. The number of ether oxygens (including phenoxy) is 1. The molecule has 1 fully saturated rings. The van der Waals surface area contributed by atoms with Gasteiger partial charge in [-0.1, -0.05) is 0 Å². The molecule has 130 valence electrons. The zero-order chi connectivity index (χ0) is 17.5. The third-order valence-electron chi connectivity index (χ3n) is 4.60. The number of aromatic nitrogens is 3. The smallest absolute Gasteiger partial charge is 0.292 e. The fourth-order valence-corrected chi connectivity index (χ4v) is 3.26. The molecule has 0 amide bonds. The van der Waals surface area contributed by atoms with Gasteiger partial charge in [0.15, 0.2) is 5.58 Å². The summed E-state index contributed by atoms with van der Waals surface area (Å²) in [5, 5.41) is 0. The molecule has 1 aliphatic heterocycles. The number of oxazole rings is 1. The number of hydrogen-bond acceptors (Lipinski definition) is 7. The summed E-state index contributed by atoms with van der Waals surface area (Å²) in [6.45, 7) is 3.23. The quantitative estimate of drug-likeness (QED) is 0.596. The maximum absolute atomic E-state index is 5.63. The number of nitrogen functional groups attached to an aromatic ring is 1. The number of pyridine rings is 2. The van der Waals surface area contributed by atoms with Crippen LogP contribution < -0.4 is 10.6 Å². The van der Waals surface area contributed by atoms with Crippen LogP contribution in [-0.2, 0) is 4.74 Å². The molecule has 1 saturated heterocycles. The minimum absolute atomic E-state index is 0.169. The molecule has 4 heterocycles. The molecule has 7 heteroatoms. The highest BCUT2D eigenvalue weighted by atomic mass is 16.5. The summed E-state index contributed by atoms with van der Waals surface area (Å²) in [6.07, 6.45) is 1.90. The molecule has 5 rings (SSSR count). The number of hydrogen-bond donors (Lipinski definition) is 1. The molecule has 2 N–H and O–H groups in total. The summed E-state index contributed by atoms with van der Waals surface area (Å²) < 4.78 is 10.8. The normalized spacial score (nSPS) is 15.0. The van der Waals surface area contributed by atoms with Gasteiger partial charge < -0.3 is 19.8 Å². The molecule has 0 bridgehead atoms. The van der Waals surface area contributed by atoms with Crippen LogP contribution in [0.2, 0.25) is 0 Å². The number of rotatable bonds is 2. The Morgan fingerprint density at radius 2 is 1.81 bits per heavy atom. The predicted molar refractivity (Wildman–Crippen MR) is 100.0 cm³/mol. The molecule has 3 aromatic heterocycles. The third-order valence-corrected chi connectivity index (χ3v) is 4.60. The van der Waals surface area contributed by atoms with Crippen LogP contribution >= 0.6 is 0 Å². The van der Waals surface area contributed by atoms with Gasteiger partial charge in [-0.2, -0.15) is 4.98 Å². The number of anilines is 2. The van der Waals surface area contributed by atoms with Crippen molar-refractivity contribution in [2.24, 2.45) is 0 Å². The lowest BCUT2D eigenvalue weighted by Gasteiger charge is -2.28. The minimum Gasteiger partial charge on any atom is -0.424 e. The van der Waals surface area contributed by atoms with Crippen LogP contribution in [0.1, 0.15) is 0 Å². The minimum atomic E-state index is 0.169. The third kappa shape index (κ3) is 2.62. The van der Waals surface area contributed by atoms with Crippen molar-refractivity contribution in [1.82, 2.24) is 15.0 Å². The average Bonchev–Trinajstić information content (AvgIpc) is 3.07. The average molecular weight is 347 g/mol. The second kappa shape index (κ2) is 5.96. The number of nitrogens with two attached hydrogens (primary N) is 1. The van der Waals surface area contributed by atoms with Gasteiger partial charge in [-0.05, 0) is 36.4 Å². The summed E-state index contributed by atoms with van der Waals surface area (Å²) in [4.78, 5) is 15.8. The Morgan fingerprint density at radius 3 is 2.69 bits per heavy atom. The first-order valence-electron chi connectivity index (χ1n) is 8.52. The Bertz CT molecular complexity index is 1100. The van der Waals surface area contributed by atoms with Crippen LogP contribution in [0.15, 0.2) is 47.0 Å². The summed E-state index contributed by atoms with van der Waals surface area (Å²) in [5.74, 6) is 0. The van der Waals surface area contributed by atoms with Crippen LogP contribution in [0.3, 0.4) is 0 Å². The molecule has 0 atom stereocenters. The van der Waals surface area contributed by atoms with E-state index >= 15 is 0 Å². The largest absolute Gasteiger partial charge is 0.424 e. The van der Waals surface area contributed by atoms with E-state index < -0.39 is 0 Å². The van der Waals surface area contributed by atoms with E-state index in [9.17, 15) is 0 Å². The van der Waals surface area contributed by atoms with E-state index in [0.717, 1.165) is 59.8 Å². The number of fused-ring (bicyclic) bond motifs is 2. The number of benzene rings is 1. The summed E-state index contributed by atoms with van der Waals surface area (Å²) in [5.41, 5.74) is 11.7. The van der Waals surface area contributed by atoms with Gasteiger partial charge in [-0.15, -0.1) is 0 Å². The van der Waals surface area contributed by atoms with Gasteiger partial charge in [0.2, 0.25) is 0 Å². The first kappa shape index (κ1) is 15.1. The fourth-order valence-electron chi connectivity index (χ4n) is 3.26. The van der Waals surface area contributed by atoms with Crippen LogP contribution in [-0.4, -0.2) is 41.3 Å². The maximum Gasteiger partial charge on any atom is 0.292 e. The van der Waals surface area contributed by atoms with Gasteiger partial charge in [0.05, 0.1) is 41.8 Å². The molecule has 0 aliphatic carbocycles. The first-order chi connectivity index (χ1) is 12.8. The molecule has 1 aliphatic rings. The van der Waals surface area contributed by atoms with Crippen LogP contribution in [0, 0.1) is 0 Å². The van der Waals surface area contributed by atoms with Crippen LogP contribution in [0.5, 0.6) is 0 Å². The van der Waals surface area contributed by atoms with Crippen LogP contribution in [0.25, 0.3) is 33.4 Å². The predicted octanol–water partition coefficient (Wildman–Crippen LogP) is 2.86. The standard InChI is InChI=1S/C19H17N5O2/c20-19-23-17-9-12(1-4-18(17)26-19)14-2-3-15-16(22-14)10-13(11-21-15)24-5-7-25-8-6-24/h1-4,9-11H,5-8H2,(H2,20,23). The molecule has 1 aromatic carbocycles. The molecular formula is C19H17N5O2. The Hall–Kier alpha value is -3.19. The first-order valence-corrected chi connectivity index (χ1v) is 8.52. The van der Waals surface area contributed by atoms with Crippen molar-refractivity contribution >= 4 is 33.8 Å². The molecule has 26 heavy (non-hydrogen) atoms. The van der Waals surface area contributed by atoms with Crippen molar-refractivity contribution in [3.05, 3.63) is 42.6 Å². The molecule has 7 nitrogen and oxygen atoms in total. The van der Waals surface area contributed by atoms with Gasteiger partial charge in [0, 0.05) is 18.7 Å². The van der Waals surface area contributed by atoms with E-state index in [2.05, 4.69) is 20.9 Å². The van der Waals surface area contributed by atoms with E-state index in [1.807, 2.05) is 36.5 Å². The van der Waals surface area contributed by atoms with Crippen molar-refractivity contribution in [3.8, 4) is 11.3 Å². The van der Waals surface area contributed by atoms with Gasteiger partial charge in [-0.25, -0.2) is 4.98 Å². The Balaban J connectivity index is 1.56. The van der Waals surface area contributed by atoms with E-state index in [-0.39, 0.29) is 6.01 Å². The summed E-state index contributed by atoms with van der Waals surface area (Å²) >= 11 is 0. The lowest BCUT2D eigenvalue weighted by Crippen LogP contribution is -2.36. The zero-order valence-corrected chi connectivity index (χ0v) is 14.1. The van der Waals surface area contributed by atoms with E-state index in [1.54, 1.807) is 0 Å². The number of nitrogens with zero attached hydrogens (tertiary/aromatic N) is 4. The summed E-state index contributed by atoms with van der Waals surface area (Å²) in [7, 11) is 0. The van der Waals surface area contributed by atoms with Crippen LogP contribution in [0.4, 0.5) is 11.7 Å². The SMILES string of the molecule is Nc1nc2cc(-c3ccc4ncc(N5CCOCC5)cc4n3)ccc2o1. The second-order valence-corrected chi connectivity index (χ2v) is 6.26. The van der Waals surface area contributed by atoms with Crippen molar-refractivity contribution in [2.75, 3.05) is 36.9 Å². The van der Waals surface area contributed by atoms with Crippen molar-refractivity contribution in [2.45, 2.75) is 0 Å². The lowest BCUT2D eigenvalue weighted by atomic mass is 10.1. The van der Waals surface area contributed by atoms with Crippen molar-refractivity contribution in [1.29, 1.82) is 0 Å². The number of morpholine rings is 1. The highest BCUT2D eigenvalue weighted by molar-refractivity contribution is 5.84. The zero-order valence-electron chi connectivity index (χ0n) is 14.1. The molecule has 4 aromatic rings. The molecule has 0 unspecified atom stereocenters. The topological polar surface area (TPSA) is 90.3 Å². The molecule has 0 saturated carbocycles. The summed E-state index contributed by atoms with van der Waals surface area (Å²) in [6, 6.07) is 12.0. The molecule has 0 radical (unpaired) electrons. The molecular weight excluding hydrogens is 330 g/mol. The highest BCUT2D eigenvalue weighted by Crippen LogP contribution is 2.27. The van der Waals surface area contributed by atoms with Gasteiger partial charge in [0.25, 0.3) is 6.01 Å². The van der Waals surface area contributed by atoms with Gasteiger partial charge >= 0.3 is 0 Å². The Labute approximate surface area is 149 Å². The monoisotopic (exact) mass is 347 g/mol. The Morgan fingerprint density at radius 1 is 0.923 bits per heavy atom. The van der Waals surface area contributed by atoms with Crippen molar-refractivity contribution in [3.63, 3.8) is 0 Å². The molecule has 0 spiro atoms. The Kier molecular flexibility index (Phi) is 3.46. The second-order valence-electron chi connectivity index (χ2n) is 6.26. The fraction of sp³-hybridized carbons (Fsp3) is 0.211. The maximum atomic E-state index is 5.63. The van der Waals surface area contributed by atoms with E-state index in [0.29, 0.717) is 5.58 Å². The van der Waals surface area contributed by atoms with E-state index in [4.69, 9.17) is 19.9 Å². The van der Waals surface area contributed by atoms with E-state index in [1.165, 1.54) is 0 Å². The van der Waals surface area contributed by atoms with Crippen molar-refractivity contribution < 1.29 is 9.15 Å². The highest BCUT2D eigenvalue weighted by Gasteiger charge is 2.13. The van der Waals surface area contributed by atoms with Gasteiger partial charge in [0.1, 0.15) is 5.52 Å². The van der Waals surface area contributed by atoms with Gasteiger partial charge in [-0.3, -0.25) is 4.98 Å².